The average Bonchev–Trinajstić information content (AvgIpc) is 3.15. The zero-order valence-corrected chi connectivity index (χ0v) is 18.5. The Bertz CT molecular complexity index is 1360. The number of aryl methyl sites for hydroxylation is 4. The largest absolute Gasteiger partial charge is 0.324 e. The molecule has 4 rings (SSSR count). The standard InChI is InChI=1S/C23H22ClN5O2/c1-13-8-14(2)21(15(3)9-13)26-20(30)12-28-23(31)22-19(16(4)27-28)11-25-29(22)18-7-5-6-17(24)10-18/h5-11H,12H2,1-4H3,(H,26,30). The van der Waals surface area contributed by atoms with Crippen molar-refractivity contribution in [2.75, 3.05) is 5.32 Å². The van der Waals surface area contributed by atoms with E-state index in [0.717, 1.165) is 22.4 Å². The summed E-state index contributed by atoms with van der Waals surface area (Å²) < 4.78 is 2.70. The second kappa shape index (κ2) is 8.00. The third-order valence-electron chi connectivity index (χ3n) is 5.15. The van der Waals surface area contributed by atoms with Gasteiger partial charge in [0.2, 0.25) is 5.91 Å². The number of nitrogens with one attached hydrogen (secondary N) is 1. The number of halogens is 1. The Morgan fingerprint density at radius 2 is 1.81 bits per heavy atom. The Morgan fingerprint density at radius 3 is 2.48 bits per heavy atom. The zero-order chi connectivity index (χ0) is 22.3. The fraction of sp³-hybridized carbons (Fsp3) is 0.217. The minimum absolute atomic E-state index is 0.205. The lowest BCUT2D eigenvalue weighted by atomic mass is 10.1. The second-order valence-corrected chi connectivity index (χ2v) is 8.11. The molecule has 0 atom stereocenters. The lowest BCUT2D eigenvalue weighted by Gasteiger charge is -2.13. The van der Waals surface area contributed by atoms with E-state index in [4.69, 9.17) is 11.6 Å². The molecule has 0 unspecified atom stereocenters. The van der Waals surface area contributed by atoms with E-state index < -0.39 is 5.56 Å². The lowest BCUT2D eigenvalue weighted by Crippen LogP contribution is -2.31. The molecule has 4 aromatic rings. The van der Waals surface area contributed by atoms with Crippen LogP contribution in [-0.2, 0) is 11.3 Å². The second-order valence-electron chi connectivity index (χ2n) is 7.67. The molecular formula is C23H22ClN5O2. The van der Waals surface area contributed by atoms with Gasteiger partial charge in [0.05, 0.1) is 17.6 Å². The van der Waals surface area contributed by atoms with E-state index in [0.29, 0.717) is 27.3 Å². The van der Waals surface area contributed by atoms with Gasteiger partial charge < -0.3 is 5.32 Å². The fourth-order valence-corrected chi connectivity index (χ4v) is 4.01. The topological polar surface area (TPSA) is 81.8 Å². The highest BCUT2D eigenvalue weighted by Gasteiger charge is 2.17. The van der Waals surface area contributed by atoms with Gasteiger partial charge in [-0.2, -0.15) is 10.2 Å². The minimum atomic E-state index is -0.398. The number of anilines is 1. The fourth-order valence-electron chi connectivity index (χ4n) is 3.82. The van der Waals surface area contributed by atoms with E-state index in [1.54, 1.807) is 31.3 Å². The summed E-state index contributed by atoms with van der Waals surface area (Å²) in [5, 5.41) is 12.8. The van der Waals surface area contributed by atoms with Gasteiger partial charge >= 0.3 is 0 Å². The molecule has 0 aliphatic heterocycles. The maximum absolute atomic E-state index is 13.2. The van der Waals surface area contributed by atoms with Crippen molar-refractivity contribution >= 4 is 34.1 Å². The van der Waals surface area contributed by atoms with E-state index in [9.17, 15) is 9.59 Å². The van der Waals surface area contributed by atoms with Gasteiger partial charge in [-0.05, 0) is 57.0 Å². The number of aromatic nitrogens is 4. The van der Waals surface area contributed by atoms with Crippen LogP contribution in [0.25, 0.3) is 16.6 Å². The summed E-state index contributed by atoms with van der Waals surface area (Å²) in [6, 6.07) is 11.1. The van der Waals surface area contributed by atoms with Crippen molar-refractivity contribution in [3.05, 3.63) is 80.4 Å². The Balaban J connectivity index is 1.72. The van der Waals surface area contributed by atoms with Crippen LogP contribution in [0.4, 0.5) is 5.69 Å². The third-order valence-corrected chi connectivity index (χ3v) is 5.39. The van der Waals surface area contributed by atoms with Crippen LogP contribution in [-0.4, -0.2) is 25.5 Å². The first-order chi connectivity index (χ1) is 14.7. The summed E-state index contributed by atoms with van der Waals surface area (Å²) in [5.74, 6) is -0.322. The van der Waals surface area contributed by atoms with Crippen molar-refractivity contribution in [1.29, 1.82) is 0 Å². The molecule has 0 bridgehead atoms. The van der Waals surface area contributed by atoms with Gasteiger partial charge in [-0.3, -0.25) is 9.59 Å². The van der Waals surface area contributed by atoms with Crippen molar-refractivity contribution in [3.63, 3.8) is 0 Å². The monoisotopic (exact) mass is 435 g/mol. The van der Waals surface area contributed by atoms with Crippen molar-refractivity contribution in [3.8, 4) is 5.69 Å². The van der Waals surface area contributed by atoms with Crippen molar-refractivity contribution in [1.82, 2.24) is 19.6 Å². The first kappa shape index (κ1) is 20.8. The van der Waals surface area contributed by atoms with Crippen LogP contribution in [0.5, 0.6) is 0 Å². The van der Waals surface area contributed by atoms with E-state index in [2.05, 4.69) is 15.5 Å². The third kappa shape index (κ3) is 3.96. The molecule has 2 aromatic heterocycles. The number of nitrogens with zero attached hydrogens (tertiary/aromatic N) is 4. The number of hydrogen-bond acceptors (Lipinski definition) is 4. The molecular weight excluding hydrogens is 414 g/mol. The van der Waals surface area contributed by atoms with Crippen LogP contribution in [0.1, 0.15) is 22.4 Å². The van der Waals surface area contributed by atoms with Gasteiger partial charge in [-0.15, -0.1) is 0 Å². The molecule has 2 aromatic carbocycles. The summed E-state index contributed by atoms with van der Waals surface area (Å²) in [6.07, 6.45) is 1.60. The first-order valence-electron chi connectivity index (χ1n) is 9.83. The summed E-state index contributed by atoms with van der Waals surface area (Å²) in [5.41, 5.74) is 5.04. The van der Waals surface area contributed by atoms with Gasteiger partial charge in [0.15, 0.2) is 0 Å². The van der Waals surface area contributed by atoms with Crippen molar-refractivity contribution in [2.24, 2.45) is 0 Å². The normalized spacial score (nSPS) is 11.1. The number of hydrogen-bond donors (Lipinski definition) is 1. The van der Waals surface area contributed by atoms with Crippen molar-refractivity contribution in [2.45, 2.75) is 34.2 Å². The molecule has 0 aliphatic carbocycles. The van der Waals surface area contributed by atoms with E-state index in [1.165, 1.54) is 9.36 Å². The molecule has 0 saturated carbocycles. The highest BCUT2D eigenvalue weighted by molar-refractivity contribution is 6.30. The maximum atomic E-state index is 13.2. The molecule has 0 saturated heterocycles. The Morgan fingerprint density at radius 1 is 1.10 bits per heavy atom. The van der Waals surface area contributed by atoms with Crippen molar-refractivity contribution < 1.29 is 4.79 Å². The SMILES string of the molecule is Cc1cc(C)c(NC(=O)Cn2nc(C)c3cnn(-c4cccc(Cl)c4)c3c2=O)c(C)c1. The number of fused-ring (bicyclic) bond motifs is 1. The van der Waals surface area contributed by atoms with Crippen LogP contribution in [0.15, 0.2) is 47.4 Å². The average molecular weight is 436 g/mol. The van der Waals surface area contributed by atoms with Gasteiger partial charge in [0, 0.05) is 16.1 Å². The summed E-state index contributed by atoms with van der Waals surface area (Å²) in [7, 11) is 0. The number of benzene rings is 2. The highest BCUT2D eigenvalue weighted by Crippen LogP contribution is 2.22. The predicted octanol–water partition coefficient (Wildman–Crippen LogP) is 4.11. The number of rotatable bonds is 4. The summed E-state index contributed by atoms with van der Waals surface area (Å²) >= 11 is 6.11. The lowest BCUT2D eigenvalue weighted by molar-refractivity contribution is -0.117. The molecule has 0 spiro atoms. The molecule has 158 valence electrons. The Labute approximate surface area is 184 Å². The number of amides is 1. The van der Waals surface area contributed by atoms with E-state index in [1.807, 2.05) is 39.0 Å². The molecule has 1 amide bonds. The zero-order valence-electron chi connectivity index (χ0n) is 17.7. The smallest absolute Gasteiger partial charge is 0.293 e. The van der Waals surface area contributed by atoms with E-state index >= 15 is 0 Å². The van der Waals surface area contributed by atoms with Crippen LogP contribution >= 0.6 is 11.6 Å². The Kier molecular flexibility index (Phi) is 5.37. The number of carbonyl (C=O) groups excluding carboxylic acids is 1. The molecule has 1 N–H and O–H groups in total. The highest BCUT2D eigenvalue weighted by atomic mass is 35.5. The Hall–Kier alpha value is -3.45. The molecule has 0 fully saturated rings. The quantitative estimate of drug-likeness (QED) is 0.523. The van der Waals surface area contributed by atoms with E-state index in [-0.39, 0.29) is 12.5 Å². The molecule has 7 nitrogen and oxygen atoms in total. The van der Waals surface area contributed by atoms with Gasteiger partial charge in [-0.1, -0.05) is 35.4 Å². The minimum Gasteiger partial charge on any atom is -0.324 e. The molecule has 2 heterocycles. The van der Waals surface area contributed by atoms with Crippen LogP contribution in [0, 0.1) is 27.7 Å². The molecule has 8 heteroatoms. The number of carbonyl (C=O) groups is 1. The van der Waals surface area contributed by atoms with Gasteiger partial charge in [0.25, 0.3) is 5.56 Å². The molecule has 0 radical (unpaired) electrons. The molecule has 0 aliphatic rings. The molecule has 31 heavy (non-hydrogen) atoms. The van der Waals surface area contributed by atoms with Gasteiger partial charge in [-0.25, -0.2) is 9.36 Å². The van der Waals surface area contributed by atoms with Crippen LogP contribution < -0.4 is 10.9 Å². The first-order valence-corrected chi connectivity index (χ1v) is 10.2. The van der Waals surface area contributed by atoms with Crippen LogP contribution in [0.2, 0.25) is 5.02 Å². The van der Waals surface area contributed by atoms with Gasteiger partial charge in [0.1, 0.15) is 12.1 Å². The van der Waals surface area contributed by atoms with Crippen LogP contribution in [0.3, 0.4) is 0 Å². The predicted molar refractivity (Wildman–Crippen MR) is 122 cm³/mol. The summed E-state index contributed by atoms with van der Waals surface area (Å²) in [6.45, 7) is 7.48. The summed E-state index contributed by atoms with van der Waals surface area (Å²) in [4.78, 5) is 26.0. The maximum Gasteiger partial charge on any atom is 0.293 e.